The van der Waals surface area contributed by atoms with Crippen molar-refractivity contribution < 1.29 is 45.6 Å². The molecule has 0 saturated heterocycles. The zero-order valence-corrected chi connectivity index (χ0v) is 22.7. The Kier molecular flexibility index (Phi) is 7.72. The number of ether oxygens (including phenoxy) is 5. The van der Waals surface area contributed by atoms with Gasteiger partial charge in [0.15, 0.2) is 17.3 Å². The minimum Gasteiger partial charge on any atom is -0.496 e. The third-order valence-electron chi connectivity index (χ3n) is 5.80. The van der Waals surface area contributed by atoms with Crippen molar-refractivity contribution in [1.82, 2.24) is 0 Å². The Hall–Kier alpha value is -4.98. The number of non-ortho nitro benzene ring substituents is 1. The largest absolute Gasteiger partial charge is 0.496 e. The van der Waals surface area contributed by atoms with E-state index in [4.69, 9.17) is 32.3 Å². The first-order valence-corrected chi connectivity index (χ1v) is 12.7. The van der Waals surface area contributed by atoms with Gasteiger partial charge in [-0.1, -0.05) is 0 Å². The number of fused-ring (bicyclic) bond motifs is 1. The first kappa shape index (κ1) is 28.0. The Morgan fingerprint density at radius 3 is 1.88 bits per heavy atom. The molecule has 0 bridgehead atoms. The molecule has 0 aliphatic rings. The summed E-state index contributed by atoms with van der Waals surface area (Å²) in [6.07, 6.45) is 0. The van der Waals surface area contributed by atoms with Crippen molar-refractivity contribution in [1.29, 1.82) is 0 Å². The van der Waals surface area contributed by atoms with Gasteiger partial charge in [0.1, 0.15) is 27.4 Å². The Morgan fingerprint density at radius 2 is 1.38 bits per heavy atom. The molecule has 1 heterocycles. The maximum absolute atomic E-state index is 13.8. The first-order valence-electron chi connectivity index (χ1n) is 11.3. The van der Waals surface area contributed by atoms with Crippen LogP contribution in [0.2, 0.25) is 0 Å². The third-order valence-corrected chi connectivity index (χ3v) is 7.04. The fraction of sp³-hybridized carbons (Fsp3) is 0.192. The molecule has 210 valence electrons. The second-order valence-corrected chi connectivity index (χ2v) is 9.54. The first-order chi connectivity index (χ1) is 19.1. The minimum absolute atomic E-state index is 0.00466. The number of rotatable bonds is 10. The molecule has 40 heavy (non-hydrogen) atoms. The lowest BCUT2D eigenvalue weighted by Gasteiger charge is -2.16. The normalized spacial score (nSPS) is 11.1. The van der Waals surface area contributed by atoms with Gasteiger partial charge in [-0.2, -0.15) is 8.42 Å². The van der Waals surface area contributed by atoms with E-state index in [1.807, 2.05) is 0 Å². The molecule has 0 N–H and O–H groups in total. The quantitative estimate of drug-likeness (QED) is 0.151. The molecule has 0 atom stereocenters. The fourth-order valence-corrected chi connectivity index (χ4v) is 4.83. The van der Waals surface area contributed by atoms with Crippen molar-refractivity contribution in [3.63, 3.8) is 0 Å². The van der Waals surface area contributed by atoms with Gasteiger partial charge in [-0.15, -0.1) is 0 Å². The average Bonchev–Trinajstić information content (AvgIpc) is 2.96. The molecule has 0 aliphatic heterocycles. The predicted molar refractivity (Wildman–Crippen MR) is 142 cm³/mol. The number of nitro groups is 1. The van der Waals surface area contributed by atoms with E-state index in [0.717, 1.165) is 24.3 Å². The van der Waals surface area contributed by atoms with Crippen LogP contribution in [0.25, 0.3) is 22.3 Å². The topological polar surface area (TPSA) is 163 Å². The lowest BCUT2D eigenvalue weighted by Crippen LogP contribution is -2.17. The Balaban J connectivity index is 2.04. The third kappa shape index (κ3) is 5.03. The second kappa shape index (κ2) is 11.0. The highest BCUT2D eigenvalue weighted by Gasteiger charge is 2.29. The number of benzene rings is 3. The average molecular weight is 574 g/mol. The smallest absolute Gasteiger partial charge is 0.339 e. The second-order valence-electron chi connectivity index (χ2n) is 7.99. The van der Waals surface area contributed by atoms with Gasteiger partial charge in [0, 0.05) is 29.8 Å². The molecule has 4 rings (SSSR count). The highest BCUT2D eigenvalue weighted by atomic mass is 32.2. The van der Waals surface area contributed by atoms with Crippen LogP contribution in [0.15, 0.2) is 62.6 Å². The standard InChI is InChI=1S/C26H23NO12S/c1-33-16-12-18(34-2)22-19(13-16)38-24(14-10-20(35-3)25(37-5)21(11-14)36-4)26(23(22)28)39-40(31,32)17-8-6-15(7-9-17)27(29)30/h6-13H,1-5H3. The van der Waals surface area contributed by atoms with Gasteiger partial charge in [0.2, 0.25) is 16.9 Å². The summed E-state index contributed by atoms with van der Waals surface area (Å²) < 4.78 is 64.7. The molecule has 3 aromatic carbocycles. The molecular weight excluding hydrogens is 550 g/mol. The molecule has 0 radical (unpaired) electrons. The van der Waals surface area contributed by atoms with Gasteiger partial charge in [-0.05, 0) is 24.3 Å². The van der Waals surface area contributed by atoms with Crippen molar-refractivity contribution in [2.45, 2.75) is 4.90 Å². The lowest BCUT2D eigenvalue weighted by molar-refractivity contribution is -0.384. The van der Waals surface area contributed by atoms with Crippen molar-refractivity contribution in [3.05, 3.63) is 68.9 Å². The zero-order chi connectivity index (χ0) is 29.2. The van der Waals surface area contributed by atoms with E-state index in [0.29, 0.717) is 5.75 Å². The number of methoxy groups -OCH3 is 5. The lowest BCUT2D eigenvalue weighted by atomic mass is 10.1. The van der Waals surface area contributed by atoms with Crippen molar-refractivity contribution in [2.75, 3.05) is 35.5 Å². The molecule has 0 unspecified atom stereocenters. The van der Waals surface area contributed by atoms with E-state index in [1.165, 1.54) is 59.8 Å². The van der Waals surface area contributed by atoms with Crippen LogP contribution in [0.3, 0.4) is 0 Å². The molecule has 0 amide bonds. The predicted octanol–water partition coefficient (Wildman–Crippen LogP) is 4.18. The van der Waals surface area contributed by atoms with Gasteiger partial charge in [0.25, 0.3) is 5.69 Å². The highest BCUT2D eigenvalue weighted by Crippen LogP contribution is 2.44. The van der Waals surface area contributed by atoms with Gasteiger partial charge in [-0.25, -0.2) is 0 Å². The van der Waals surface area contributed by atoms with E-state index in [9.17, 15) is 23.3 Å². The van der Waals surface area contributed by atoms with Crippen molar-refractivity contribution in [3.8, 4) is 45.8 Å². The molecule has 4 aromatic rings. The summed E-state index contributed by atoms with van der Waals surface area (Å²) in [6.45, 7) is 0. The number of hydrogen-bond acceptors (Lipinski definition) is 12. The van der Waals surface area contributed by atoms with Gasteiger partial charge >= 0.3 is 10.1 Å². The van der Waals surface area contributed by atoms with Crippen LogP contribution in [-0.2, 0) is 10.1 Å². The summed E-state index contributed by atoms with van der Waals surface area (Å²) in [4.78, 5) is 23.7. The van der Waals surface area contributed by atoms with E-state index in [-0.39, 0.29) is 51.0 Å². The van der Waals surface area contributed by atoms with E-state index in [2.05, 4.69) is 0 Å². The Morgan fingerprint density at radius 1 is 0.775 bits per heavy atom. The Bertz CT molecular complexity index is 1740. The monoisotopic (exact) mass is 573 g/mol. The summed E-state index contributed by atoms with van der Waals surface area (Å²) in [5, 5.41) is 10.9. The molecule has 0 aliphatic carbocycles. The van der Waals surface area contributed by atoms with Gasteiger partial charge < -0.3 is 32.3 Å². The molecule has 0 fully saturated rings. The van der Waals surface area contributed by atoms with Crippen molar-refractivity contribution in [2.24, 2.45) is 0 Å². The van der Waals surface area contributed by atoms with E-state index >= 15 is 0 Å². The van der Waals surface area contributed by atoms with Gasteiger partial charge in [-0.3, -0.25) is 14.9 Å². The highest BCUT2D eigenvalue weighted by molar-refractivity contribution is 7.87. The number of hydrogen-bond donors (Lipinski definition) is 0. The molecule has 14 heteroatoms. The van der Waals surface area contributed by atoms with Crippen LogP contribution < -0.4 is 33.3 Å². The molecule has 1 aromatic heterocycles. The van der Waals surface area contributed by atoms with Crippen LogP contribution in [0.1, 0.15) is 0 Å². The summed E-state index contributed by atoms with van der Waals surface area (Å²) >= 11 is 0. The maximum atomic E-state index is 13.8. The SMILES string of the molecule is COc1cc(OC)c2c(=O)c(OS(=O)(=O)c3ccc([N+](=O)[O-])cc3)c(-c3cc(OC)c(OC)c(OC)c3)oc2c1. The molecular formula is C26H23NO12S. The maximum Gasteiger partial charge on any atom is 0.339 e. The van der Waals surface area contributed by atoms with E-state index in [1.54, 1.807) is 0 Å². The van der Waals surface area contributed by atoms with Crippen LogP contribution in [-0.4, -0.2) is 48.9 Å². The fourth-order valence-electron chi connectivity index (χ4n) is 3.89. The summed E-state index contributed by atoms with van der Waals surface area (Å²) in [6, 6.07) is 9.69. The summed E-state index contributed by atoms with van der Waals surface area (Å²) in [5.41, 5.74) is -1.06. The van der Waals surface area contributed by atoms with Gasteiger partial charge in [0.05, 0.1) is 40.5 Å². The van der Waals surface area contributed by atoms with Crippen LogP contribution in [0.5, 0.6) is 34.5 Å². The minimum atomic E-state index is -4.69. The zero-order valence-electron chi connectivity index (χ0n) is 21.9. The van der Waals surface area contributed by atoms with E-state index < -0.39 is 31.1 Å². The van der Waals surface area contributed by atoms with Crippen LogP contribution in [0.4, 0.5) is 5.69 Å². The van der Waals surface area contributed by atoms with Crippen LogP contribution in [0, 0.1) is 10.1 Å². The Labute approximate surface area is 227 Å². The summed E-state index contributed by atoms with van der Waals surface area (Å²) in [7, 11) is 2.20. The van der Waals surface area contributed by atoms with Crippen LogP contribution >= 0.6 is 0 Å². The molecule has 13 nitrogen and oxygen atoms in total. The summed E-state index contributed by atoms with van der Waals surface area (Å²) in [5.74, 6) is -0.0473. The van der Waals surface area contributed by atoms with Crippen molar-refractivity contribution >= 4 is 26.8 Å². The molecule has 0 saturated carbocycles. The number of nitrogens with zero attached hydrogens (tertiary/aromatic N) is 1. The molecule has 0 spiro atoms. The number of nitro benzene ring substituents is 1.